The van der Waals surface area contributed by atoms with Crippen molar-refractivity contribution in [2.75, 3.05) is 6.54 Å². The van der Waals surface area contributed by atoms with E-state index in [-0.39, 0.29) is 18.9 Å². The van der Waals surface area contributed by atoms with E-state index in [1.54, 1.807) is 0 Å². The maximum absolute atomic E-state index is 11.6. The smallest absolute Gasteiger partial charge is 0.330 e. The van der Waals surface area contributed by atoms with Crippen LogP contribution in [0, 0.1) is 11.8 Å². The topological polar surface area (TPSA) is 26.0 Å². The Labute approximate surface area is 51.0 Å². The lowest BCUT2D eigenvalue weighted by Gasteiger charge is -2.02. The van der Waals surface area contributed by atoms with Crippen LogP contribution in [-0.4, -0.2) is 12.7 Å². The lowest BCUT2D eigenvalue weighted by molar-refractivity contribution is -0.150. The van der Waals surface area contributed by atoms with Gasteiger partial charge in [-0.3, -0.25) is 0 Å². The predicted octanol–water partition coefficient (Wildman–Crippen LogP) is 1.14. The first-order chi connectivity index (χ1) is 4.05. The molecular weight excluding hydrogens is 131 g/mol. The fourth-order valence-corrected chi connectivity index (χ4v) is 0.909. The Hall–Kier alpha value is -0.250. The van der Waals surface area contributed by atoms with Gasteiger partial charge in [0.1, 0.15) is 0 Å². The standard InChI is InChI=1S/C5H8F3N/c6-5(7,8)4-1-3(4)2-9/h3-4H,1-2,9H2/t3-,4-/m1/s1. The van der Waals surface area contributed by atoms with Crippen molar-refractivity contribution in [3.63, 3.8) is 0 Å². The third-order valence-electron chi connectivity index (χ3n) is 1.65. The molecule has 0 aromatic heterocycles. The second kappa shape index (κ2) is 1.87. The minimum absolute atomic E-state index is 0.171. The first kappa shape index (κ1) is 6.86. The van der Waals surface area contributed by atoms with E-state index in [4.69, 9.17) is 5.73 Å². The van der Waals surface area contributed by atoms with Gasteiger partial charge in [-0.25, -0.2) is 0 Å². The average Bonchev–Trinajstić information content (AvgIpc) is 2.39. The van der Waals surface area contributed by atoms with Crippen molar-refractivity contribution in [3.05, 3.63) is 0 Å². The summed E-state index contributed by atoms with van der Waals surface area (Å²) in [6.45, 7) is 0.171. The summed E-state index contributed by atoms with van der Waals surface area (Å²) in [7, 11) is 0. The lowest BCUT2D eigenvalue weighted by Crippen LogP contribution is -2.15. The van der Waals surface area contributed by atoms with E-state index in [1.807, 2.05) is 0 Å². The van der Waals surface area contributed by atoms with Crippen molar-refractivity contribution in [1.29, 1.82) is 0 Å². The normalized spacial score (nSPS) is 34.7. The quantitative estimate of drug-likeness (QED) is 0.579. The largest absolute Gasteiger partial charge is 0.392 e. The van der Waals surface area contributed by atoms with Gasteiger partial charge in [-0.2, -0.15) is 13.2 Å². The molecule has 1 saturated carbocycles. The van der Waals surface area contributed by atoms with Crippen LogP contribution in [0.15, 0.2) is 0 Å². The summed E-state index contributed by atoms with van der Waals surface area (Å²) in [6, 6.07) is 0. The van der Waals surface area contributed by atoms with Crippen molar-refractivity contribution in [2.24, 2.45) is 17.6 Å². The highest BCUT2D eigenvalue weighted by Gasteiger charge is 2.54. The molecule has 1 aliphatic rings. The summed E-state index contributed by atoms with van der Waals surface area (Å²) < 4.78 is 34.9. The Morgan fingerprint density at radius 1 is 1.44 bits per heavy atom. The molecule has 1 fully saturated rings. The molecule has 0 aromatic carbocycles. The van der Waals surface area contributed by atoms with Crippen LogP contribution in [-0.2, 0) is 0 Å². The fraction of sp³-hybridized carbons (Fsp3) is 1.00. The van der Waals surface area contributed by atoms with Gasteiger partial charge in [0.2, 0.25) is 0 Å². The zero-order valence-electron chi connectivity index (χ0n) is 4.78. The van der Waals surface area contributed by atoms with Crippen molar-refractivity contribution in [1.82, 2.24) is 0 Å². The first-order valence-electron chi connectivity index (χ1n) is 2.82. The van der Waals surface area contributed by atoms with Gasteiger partial charge in [-0.15, -0.1) is 0 Å². The van der Waals surface area contributed by atoms with E-state index < -0.39 is 12.1 Å². The molecule has 1 aliphatic carbocycles. The molecule has 0 heterocycles. The van der Waals surface area contributed by atoms with Gasteiger partial charge in [0.05, 0.1) is 5.92 Å². The number of alkyl halides is 3. The highest BCUT2D eigenvalue weighted by molar-refractivity contribution is 4.91. The molecule has 0 unspecified atom stereocenters. The minimum Gasteiger partial charge on any atom is -0.330 e. The van der Waals surface area contributed by atoms with Crippen LogP contribution < -0.4 is 5.73 Å². The van der Waals surface area contributed by atoms with Crippen molar-refractivity contribution in [2.45, 2.75) is 12.6 Å². The average molecular weight is 139 g/mol. The second-order valence-electron chi connectivity index (χ2n) is 2.38. The maximum Gasteiger partial charge on any atom is 0.392 e. The molecule has 2 atom stereocenters. The van der Waals surface area contributed by atoms with E-state index in [0.717, 1.165) is 0 Å². The van der Waals surface area contributed by atoms with E-state index in [9.17, 15) is 13.2 Å². The van der Waals surface area contributed by atoms with Crippen molar-refractivity contribution in [3.8, 4) is 0 Å². The highest BCUT2D eigenvalue weighted by atomic mass is 19.4. The van der Waals surface area contributed by atoms with Crippen molar-refractivity contribution < 1.29 is 13.2 Å². The van der Waals surface area contributed by atoms with Gasteiger partial charge in [0.25, 0.3) is 0 Å². The summed E-state index contributed by atoms with van der Waals surface area (Å²) in [5, 5.41) is 0. The van der Waals surface area contributed by atoms with Crippen LogP contribution in [0.5, 0.6) is 0 Å². The number of halogens is 3. The second-order valence-corrected chi connectivity index (χ2v) is 2.38. The molecule has 0 bridgehead atoms. The van der Waals surface area contributed by atoms with E-state index >= 15 is 0 Å². The summed E-state index contributed by atoms with van der Waals surface area (Å²) in [5.41, 5.74) is 5.02. The fourth-order valence-electron chi connectivity index (χ4n) is 0.909. The van der Waals surface area contributed by atoms with Gasteiger partial charge < -0.3 is 5.73 Å². The third-order valence-corrected chi connectivity index (χ3v) is 1.65. The van der Waals surface area contributed by atoms with Crippen LogP contribution in [0.2, 0.25) is 0 Å². The number of hydrogen-bond acceptors (Lipinski definition) is 1. The zero-order chi connectivity index (χ0) is 7.07. The summed E-state index contributed by atoms with van der Waals surface area (Å²) in [4.78, 5) is 0. The Kier molecular flexibility index (Phi) is 1.42. The van der Waals surface area contributed by atoms with Gasteiger partial charge >= 0.3 is 6.18 Å². The Morgan fingerprint density at radius 3 is 2.11 bits per heavy atom. The number of rotatable bonds is 1. The molecule has 0 spiro atoms. The Bertz CT molecular complexity index is 109. The van der Waals surface area contributed by atoms with Gasteiger partial charge in [-0.1, -0.05) is 0 Å². The van der Waals surface area contributed by atoms with Crippen molar-refractivity contribution >= 4 is 0 Å². The molecule has 0 aliphatic heterocycles. The van der Waals surface area contributed by atoms with Gasteiger partial charge in [0, 0.05) is 0 Å². The Morgan fingerprint density at radius 2 is 2.00 bits per heavy atom. The maximum atomic E-state index is 11.6. The predicted molar refractivity (Wildman–Crippen MR) is 26.7 cm³/mol. The monoisotopic (exact) mass is 139 g/mol. The van der Waals surface area contributed by atoms with E-state index in [0.29, 0.717) is 0 Å². The Balaban J connectivity index is 2.33. The molecule has 9 heavy (non-hydrogen) atoms. The summed E-state index contributed by atoms with van der Waals surface area (Å²) >= 11 is 0. The van der Waals surface area contributed by atoms with Crippen LogP contribution >= 0.6 is 0 Å². The molecule has 0 aromatic rings. The van der Waals surface area contributed by atoms with Gasteiger partial charge in [-0.05, 0) is 18.9 Å². The molecule has 0 saturated heterocycles. The first-order valence-corrected chi connectivity index (χ1v) is 2.82. The summed E-state index contributed by atoms with van der Waals surface area (Å²) in [6.07, 6.45) is -3.76. The number of hydrogen-bond donors (Lipinski definition) is 1. The molecule has 4 heteroatoms. The number of nitrogens with two attached hydrogens (primary N) is 1. The van der Waals surface area contributed by atoms with Gasteiger partial charge in [0.15, 0.2) is 0 Å². The third kappa shape index (κ3) is 1.36. The van der Waals surface area contributed by atoms with Crippen LogP contribution in [0.25, 0.3) is 0 Å². The molecule has 2 N–H and O–H groups in total. The van der Waals surface area contributed by atoms with E-state index in [1.165, 1.54) is 0 Å². The minimum atomic E-state index is -4.00. The molecular formula is C5H8F3N. The molecule has 1 nitrogen and oxygen atoms in total. The van der Waals surface area contributed by atoms with Crippen LogP contribution in [0.4, 0.5) is 13.2 Å². The lowest BCUT2D eigenvalue weighted by atomic mass is 10.3. The highest BCUT2D eigenvalue weighted by Crippen LogP contribution is 2.49. The molecule has 1 rings (SSSR count). The zero-order valence-corrected chi connectivity index (χ0v) is 4.78. The van der Waals surface area contributed by atoms with Crippen LogP contribution in [0.3, 0.4) is 0 Å². The van der Waals surface area contributed by atoms with Crippen LogP contribution in [0.1, 0.15) is 6.42 Å². The van der Waals surface area contributed by atoms with E-state index in [2.05, 4.69) is 0 Å². The SMILES string of the molecule is NC[C@H]1C[C@H]1C(F)(F)F. The molecule has 54 valence electrons. The molecule has 0 amide bonds. The molecule has 0 radical (unpaired) electrons. The summed E-state index contributed by atoms with van der Waals surface area (Å²) in [5.74, 6) is -1.38.